The molecule has 142 valence electrons. The van der Waals surface area contributed by atoms with Crippen LogP contribution in [0.25, 0.3) is 0 Å². The first-order valence-corrected chi connectivity index (χ1v) is 10.1. The number of carbonyl (C=O) groups is 1. The Balaban J connectivity index is 1.44. The predicted octanol–water partition coefficient (Wildman–Crippen LogP) is 5.76. The second kappa shape index (κ2) is 8.75. The number of nitrogens with one attached hydrogen (secondary N) is 1. The minimum atomic E-state index is 0.0516. The van der Waals surface area contributed by atoms with Crippen LogP contribution in [0.2, 0.25) is 0 Å². The van der Waals surface area contributed by atoms with E-state index in [1.54, 1.807) is 0 Å². The fourth-order valence-corrected chi connectivity index (χ4v) is 4.07. The maximum Gasteiger partial charge on any atom is 0.238 e. The van der Waals surface area contributed by atoms with E-state index in [1.807, 2.05) is 65.7 Å². The number of aryl methyl sites for hydroxylation is 1. The molecule has 3 nitrogen and oxygen atoms in total. The molecule has 1 atom stereocenters. The van der Waals surface area contributed by atoms with Crippen molar-refractivity contribution in [3.05, 3.63) is 96.1 Å². The zero-order chi connectivity index (χ0) is 19.2. The zero-order valence-corrected chi connectivity index (χ0v) is 16.1. The van der Waals surface area contributed by atoms with Crippen molar-refractivity contribution in [1.29, 1.82) is 0 Å². The number of hydrazine groups is 1. The molecule has 0 radical (unpaired) electrons. The van der Waals surface area contributed by atoms with Gasteiger partial charge in [0, 0.05) is 6.42 Å². The van der Waals surface area contributed by atoms with Crippen molar-refractivity contribution in [2.45, 2.75) is 38.0 Å². The molecule has 4 rings (SSSR count). The summed E-state index contributed by atoms with van der Waals surface area (Å²) in [6.45, 7) is 0. The first-order chi connectivity index (χ1) is 13.8. The Kier molecular flexibility index (Phi) is 5.72. The Morgan fingerprint density at radius 1 is 0.857 bits per heavy atom. The normalized spacial score (nSPS) is 15.5. The summed E-state index contributed by atoms with van der Waals surface area (Å²) in [5.41, 5.74) is 7.89. The molecular weight excluding hydrogens is 344 g/mol. The van der Waals surface area contributed by atoms with E-state index in [4.69, 9.17) is 0 Å². The maximum atomic E-state index is 12.8. The molecule has 1 aliphatic carbocycles. The molecule has 1 aliphatic rings. The highest BCUT2D eigenvalue weighted by Gasteiger charge is 2.21. The van der Waals surface area contributed by atoms with Crippen molar-refractivity contribution < 1.29 is 4.79 Å². The first-order valence-electron chi connectivity index (χ1n) is 10.1. The van der Waals surface area contributed by atoms with E-state index in [0.29, 0.717) is 12.3 Å². The number of para-hydroxylation sites is 2. The number of amides is 1. The summed E-state index contributed by atoms with van der Waals surface area (Å²) >= 11 is 0. The summed E-state index contributed by atoms with van der Waals surface area (Å²) in [4.78, 5) is 12.8. The van der Waals surface area contributed by atoms with Crippen molar-refractivity contribution in [2.75, 3.05) is 5.01 Å². The van der Waals surface area contributed by atoms with Crippen molar-refractivity contribution >= 4 is 17.3 Å². The molecule has 1 N–H and O–H groups in total. The summed E-state index contributed by atoms with van der Waals surface area (Å²) in [5.74, 6) is 0.536. The Morgan fingerprint density at radius 2 is 1.46 bits per heavy atom. The van der Waals surface area contributed by atoms with Gasteiger partial charge in [0.2, 0.25) is 5.91 Å². The molecule has 1 amide bonds. The van der Waals surface area contributed by atoms with Crippen molar-refractivity contribution in [3.8, 4) is 0 Å². The lowest BCUT2D eigenvalue weighted by Gasteiger charge is -2.27. The van der Waals surface area contributed by atoms with Crippen molar-refractivity contribution in [1.82, 2.24) is 5.43 Å². The van der Waals surface area contributed by atoms with E-state index in [9.17, 15) is 4.79 Å². The number of benzene rings is 3. The van der Waals surface area contributed by atoms with Gasteiger partial charge >= 0.3 is 0 Å². The number of anilines is 2. The molecule has 0 aliphatic heterocycles. The van der Waals surface area contributed by atoms with E-state index < -0.39 is 0 Å². The summed E-state index contributed by atoms with van der Waals surface area (Å²) < 4.78 is 0. The zero-order valence-electron chi connectivity index (χ0n) is 16.1. The number of hydrogen-bond donors (Lipinski definition) is 1. The predicted molar refractivity (Wildman–Crippen MR) is 115 cm³/mol. The monoisotopic (exact) mass is 370 g/mol. The fraction of sp³-hybridized carbons (Fsp3) is 0.240. The second-order valence-electron chi connectivity index (χ2n) is 7.37. The van der Waals surface area contributed by atoms with Gasteiger partial charge in [-0.25, -0.2) is 0 Å². The summed E-state index contributed by atoms with van der Waals surface area (Å²) in [7, 11) is 0. The molecule has 1 unspecified atom stereocenters. The molecule has 0 saturated carbocycles. The van der Waals surface area contributed by atoms with Gasteiger partial charge < -0.3 is 0 Å². The van der Waals surface area contributed by atoms with Gasteiger partial charge in [0.05, 0.1) is 11.4 Å². The van der Waals surface area contributed by atoms with Crippen LogP contribution in [0.3, 0.4) is 0 Å². The lowest BCUT2D eigenvalue weighted by molar-refractivity contribution is -0.121. The molecule has 3 aromatic carbocycles. The van der Waals surface area contributed by atoms with E-state index >= 15 is 0 Å². The van der Waals surface area contributed by atoms with Crippen LogP contribution >= 0.6 is 0 Å². The number of hydrogen-bond acceptors (Lipinski definition) is 2. The highest BCUT2D eigenvalue weighted by atomic mass is 16.2. The molecule has 3 heteroatoms. The third-order valence-electron chi connectivity index (χ3n) is 5.48. The van der Waals surface area contributed by atoms with Gasteiger partial charge in [-0.05, 0) is 67.0 Å². The highest BCUT2D eigenvalue weighted by molar-refractivity contribution is 5.80. The van der Waals surface area contributed by atoms with Gasteiger partial charge in [0.1, 0.15) is 0 Å². The third kappa shape index (κ3) is 4.25. The number of rotatable bonds is 6. The molecule has 28 heavy (non-hydrogen) atoms. The van der Waals surface area contributed by atoms with E-state index in [0.717, 1.165) is 24.2 Å². The first kappa shape index (κ1) is 18.3. The van der Waals surface area contributed by atoms with Crippen LogP contribution in [0, 0.1) is 0 Å². The van der Waals surface area contributed by atoms with Crippen LogP contribution in [0.5, 0.6) is 0 Å². The van der Waals surface area contributed by atoms with E-state index in [-0.39, 0.29) is 5.91 Å². The number of nitrogens with zero attached hydrogens (tertiary/aromatic N) is 1. The fourth-order valence-electron chi connectivity index (χ4n) is 4.07. The smallest absolute Gasteiger partial charge is 0.238 e. The van der Waals surface area contributed by atoms with Crippen LogP contribution < -0.4 is 10.4 Å². The maximum absolute atomic E-state index is 12.8. The Morgan fingerprint density at radius 3 is 2.14 bits per heavy atom. The molecule has 0 fully saturated rings. The van der Waals surface area contributed by atoms with Crippen LogP contribution in [0.15, 0.2) is 84.9 Å². The minimum Gasteiger partial charge on any atom is -0.273 e. The van der Waals surface area contributed by atoms with Crippen molar-refractivity contribution in [3.63, 3.8) is 0 Å². The average Bonchev–Trinajstić information content (AvgIpc) is 2.77. The lowest BCUT2D eigenvalue weighted by atomic mass is 9.80. The topological polar surface area (TPSA) is 32.3 Å². The Hall–Kier alpha value is -3.07. The lowest BCUT2D eigenvalue weighted by Crippen LogP contribution is -2.39. The number of carbonyl (C=O) groups excluding carboxylic acids is 1. The molecule has 0 spiro atoms. The van der Waals surface area contributed by atoms with Gasteiger partial charge in [0.25, 0.3) is 0 Å². The average molecular weight is 370 g/mol. The van der Waals surface area contributed by atoms with Crippen LogP contribution in [-0.2, 0) is 11.2 Å². The SMILES string of the molecule is O=C(CCC1CCCc2ccccc21)NN(c1ccccc1)c1ccccc1. The molecule has 0 heterocycles. The van der Waals surface area contributed by atoms with Crippen LogP contribution in [-0.4, -0.2) is 5.91 Å². The van der Waals surface area contributed by atoms with Gasteiger partial charge in [-0.15, -0.1) is 0 Å². The Labute approximate surface area is 167 Å². The molecular formula is C25H26N2O. The molecule has 0 saturated heterocycles. The third-order valence-corrected chi connectivity index (χ3v) is 5.48. The van der Waals surface area contributed by atoms with Gasteiger partial charge in [-0.3, -0.25) is 15.2 Å². The van der Waals surface area contributed by atoms with Crippen LogP contribution in [0.4, 0.5) is 11.4 Å². The summed E-state index contributed by atoms with van der Waals surface area (Å²) in [6.07, 6.45) is 4.96. The summed E-state index contributed by atoms with van der Waals surface area (Å²) in [5, 5.41) is 1.87. The summed E-state index contributed by atoms with van der Waals surface area (Å²) in [6, 6.07) is 28.6. The van der Waals surface area contributed by atoms with Gasteiger partial charge in [0.15, 0.2) is 0 Å². The standard InChI is InChI=1S/C25H26N2O/c28-25(19-18-21-12-9-11-20-10-7-8-17-24(20)21)26-27(22-13-3-1-4-14-22)23-15-5-2-6-16-23/h1-8,10,13-17,21H,9,11-12,18-19H2,(H,26,28). The minimum absolute atomic E-state index is 0.0516. The van der Waals surface area contributed by atoms with Crippen LogP contribution in [0.1, 0.15) is 42.7 Å². The van der Waals surface area contributed by atoms with Gasteiger partial charge in [-0.1, -0.05) is 60.7 Å². The van der Waals surface area contributed by atoms with E-state index in [2.05, 4.69) is 29.7 Å². The largest absolute Gasteiger partial charge is 0.273 e. The molecule has 0 bridgehead atoms. The molecule has 0 aromatic heterocycles. The van der Waals surface area contributed by atoms with Crippen molar-refractivity contribution in [2.24, 2.45) is 0 Å². The molecule has 3 aromatic rings. The highest BCUT2D eigenvalue weighted by Crippen LogP contribution is 2.34. The quantitative estimate of drug-likeness (QED) is 0.560. The Bertz CT molecular complexity index is 869. The second-order valence-corrected chi connectivity index (χ2v) is 7.37. The van der Waals surface area contributed by atoms with Gasteiger partial charge in [-0.2, -0.15) is 0 Å². The van der Waals surface area contributed by atoms with E-state index in [1.165, 1.54) is 24.0 Å². The number of fused-ring (bicyclic) bond motifs is 1.